The number of rotatable bonds is 3. The van der Waals surface area contributed by atoms with Gasteiger partial charge in [0.25, 0.3) is 0 Å². The number of para-hydroxylation sites is 1. The lowest BCUT2D eigenvalue weighted by molar-refractivity contribution is 0.416. The Morgan fingerprint density at radius 2 is 1.84 bits per heavy atom. The van der Waals surface area contributed by atoms with E-state index in [0.717, 1.165) is 17.7 Å². The largest absolute Gasteiger partial charge is 0.496 e. The predicted molar refractivity (Wildman–Crippen MR) is 80.3 cm³/mol. The molecule has 0 radical (unpaired) electrons. The molecule has 0 aromatic heterocycles. The van der Waals surface area contributed by atoms with E-state index in [9.17, 15) is 0 Å². The molecule has 0 saturated heterocycles. The number of benzene rings is 2. The van der Waals surface area contributed by atoms with Crippen LogP contribution in [0.3, 0.4) is 0 Å². The monoisotopic (exact) mass is 250 g/mol. The molecule has 96 valence electrons. The van der Waals surface area contributed by atoms with Gasteiger partial charge in [0, 0.05) is 12.0 Å². The fourth-order valence-corrected chi connectivity index (χ4v) is 2.15. The van der Waals surface area contributed by atoms with Crippen LogP contribution in [0.5, 0.6) is 5.75 Å². The number of hydrogen-bond acceptors (Lipinski definition) is 1. The highest BCUT2D eigenvalue weighted by Crippen LogP contribution is 2.32. The summed E-state index contributed by atoms with van der Waals surface area (Å²) in [4.78, 5) is 0. The van der Waals surface area contributed by atoms with Crippen molar-refractivity contribution >= 4 is 0 Å². The summed E-state index contributed by atoms with van der Waals surface area (Å²) in [5, 5.41) is 0. The van der Waals surface area contributed by atoms with Gasteiger partial charge in [-0.25, -0.2) is 0 Å². The first-order valence-electron chi connectivity index (χ1n) is 6.38. The van der Waals surface area contributed by atoms with E-state index in [4.69, 9.17) is 4.74 Å². The Kier molecular flexibility index (Phi) is 4.26. The van der Waals surface area contributed by atoms with Crippen molar-refractivity contribution in [3.63, 3.8) is 0 Å². The summed E-state index contributed by atoms with van der Waals surface area (Å²) in [7, 11) is 1.71. The highest BCUT2D eigenvalue weighted by Gasteiger charge is 2.09. The second-order valence-electron chi connectivity index (χ2n) is 4.46. The van der Waals surface area contributed by atoms with Gasteiger partial charge in [0.2, 0.25) is 0 Å². The summed E-state index contributed by atoms with van der Waals surface area (Å²) in [5.74, 6) is 7.00. The molecule has 2 aromatic carbocycles. The average molecular weight is 250 g/mol. The summed E-state index contributed by atoms with van der Waals surface area (Å²) >= 11 is 0. The Bertz CT molecular complexity index is 630. The third kappa shape index (κ3) is 2.98. The normalized spacial score (nSPS) is 9.63. The second-order valence-corrected chi connectivity index (χ2v) is 4.46. The molecule has 0 amide bonds. The Hall–Kier alpha value is -2.20. The SMILES string of the molecule is CC#CCc1ccc(C)cc1-c1ccccc1OC. The molecule has 0 aliphatic heterocycles. The topological polar surface area (TPSA) is 9.23 Å². The minimum Gasteiger partial charge on any atom is -0.496 e. The maximum absolute atomic E-state index is 5.46. The molecule has 1 heteroatoms. The van der Waals surface area contributed by atoms with Crippen LogP contribution in [0.15, 0.2) is 42.5 Å². The summed E-state index contributed by atoms with van der Waals surface area (Å²) in [5.41, 5.74) is 4.82. The van der Waals surface area contributed by atoms with Crippen molar-refractivity contribution in [2.75, 3.05) is 7.11 Å². The third-order valence-corrected chi connectivity index (χ3v) is 3.12. The highest BCUT2D eigenvalue weighted by molar-refractivity contribution is 5.74. The van der Waals surface area contributed by atoms with Crippen LogP contribution in [-0.2, 0) is 6.42 Å². The van der Waals surface area contributed by atoms with Crippen LogP contribution in [0.1, 0.15) is 18.1 Å². The first-order chi connectivity index (χ1) is 9.26. The average Bonchev–Trinajstić information content (AvgIpc) is 2.46. The van der Waals surface area contributed by atoms with Gasteiger partial charge in [-0.1, -0.05) is 47.9 Å². The molecule has 2 aromatic rings. The van der Waals surface area contributed by atoms with E-state index < -0.39 is 0 Å². The second kappa shape index (κ2) is 6.11. The van der Waals surface area contributed by atoms with Crippen LogP contribution >= 0.6 is 0 Å². The van der Waals surface area contributed by atoms with Crippen LogP contribution in [-0.4, -0.2) is 7.11 Å². The zero-order chi connectivity index (χ0) is 13.7. The number of aryl methyl sites for hydroxylation is 1. The molecule has 0 atom stereocenters. The molecular formula is C18H18O. The van der Waals surface area contributed by atoms with Gasteiger partial charge in [0.15, 0.2) is 0 Å². The molecule has 0 fully saturated rings. The molecule has 0 aliphatic carbocycles. The van der Waals surface area contributed by atoms with Gasteiger partial charge in [0.05, 0.1) is 7.11 Å². The summed E-state index contributed by atoms with van der Waals surface area (Å²) in [6.07, 6.45) is 0.768. The number of methoxy groups -OCH3 is 1. The van der Waals surface area contributed by atoms with E-state index >= 15 is 0 Å². The fourth-order valence-electron chi connectivity index (χ4n) is 2.15. The summed E-state index contributed by atoms with van der Waals surface area (Å²) in [6.45, 7) is 3.98. The zero-order valence-electron chi connectivity index (χ0n) is 11.7. The van der Waals surface area contributed by atoms with Crippen molar-refractivity contribution in [2.24, 2.45) is 0 Å². The van der Waals surface area contributed by atoms with E-state index in [1.54, 1.807) is 7.11 Å². The van der Waals surface area contributed by atoms with Crippen molar-refractivity contribution in [1.82, 2.24) is 0 Å². The maximum atomic E-state index is 5.46. The Balaban J connectivity index is 2.58. The molecule has 0 aliphatic rings. The molecular weight excluding hydrogens is 232 g/mol. The van der Waals surface area contributed by atoms with Gasteiger partial charge in [-0.2, -0.15) is 0 Å². The third-order valence-electron chi connectivity index (χ3n) is 3.12. The van der Waals surface area contributed by atoms with Crippen LogP contribution < -0.4 is 4.74 Å². The van der Waals surface area contributed by atoms with Gasteiger partial charge in [-0.15, -0.1) is 5.92 Å². The Labute approximate surface area is 115 Å². The molecule has 0 heterocycles. The van der Waals surface area contributed by atoms with Gasteiger partial charge in [-0.05, 0) is 31.0 Å². The van der Waals surface area contributed by atoms with E-state index in [-0.39, 0.29) is 0 Å². The van der Waals surface area contributed by atoms with E-state index in [1.165, 1.54) is 16.7 Å². The van der Waals surface area contributed by atoms with Gasteiger partial charge in [-0.3, -0.25) is 0 Å². The summed E-state index contributed by atoms with van der Waals surface area (Å²) in [6, 6.07) is 14.6. The van der Waals surface area contributed by atoms with E-state index in [0.29, 0.717) is 0 Å². The van der Waals surface area contributed by atoms with Crippen molar-refractivity contribution in [3.8, 4) is 28.7 Å². The molecule has 19 heavy (non-hydrogen) atoms. The standard InChI is InChI=1S/C18H18O/c1-4-5-8-15-12-11-14(2)13-17(15)16-9-6-7-10-18(16)19-3/h6-7,9-13H,8H2,1-3H3. The molecule has 0 spiro atoms. The lowest BCUT2D eigenvalue weighted by Crippen LogP contribution is -1.93. The van der Waals surface area contributed by atoms with Crippen LogP contribution in [0.2, 0.25) is 0 Å². The molecule has 0 saturated carbocycles. The van der Waals surface area contributed by atoms with Crippen LogP contribution in [0.25, 0.3) is 11.1 Å². The molecule has 0 unspecified atom stereocenters. The fraction of sp³-hybridized carbons (Fsp3) is 0.222. The minimum absolute atomic E-state index is 0.768. The van der Waals surface area contributed by atoms with E-state index in [1.807, 2.05) is 25.1 Å². The van der Waals surface area contributed by atoms with Crippen molar-refractivity contribution < 1.29 is 4.74 Å². The van der Waals surface area contributed by atoms with Crippen molar-refractivity contribution in [3.05, 3.63) is 53.6 Å². The Morgan fingerprint density at radius 1 is 1.05 bits per heavy atom. The highest BCUT2D eigenvalue weighted by atomic mass is 16.5. The van der Waals surface area contributed by atoms with Crippen LogP contribution in [0.4, 0.5) is 0 Å². The van der Waals surface area contributed by atoms with E-state index in [2.05, 4.69) is 43.0 Å². The smallest absolute Gasteiger partial charge is 0.126 e. The Morgan fingerprint density at radius 3 is 2.58 bits per heavy atom. The van der Waals surface area contributed by atoms with Gasteiger partial charge >= 0.3 is 0 Å². The maximum Gasteiger partial charge on any atom is 0.126 e. The lowest BCUT2D eigenvalue weighted by Gasteiger charge is -2.12. The zero-order valence-corrected chi connectivity index (χ0v) is 11.7. The van der Waals surface area contributed by atoms with Gasteiger partial charge in [0.1, 0.15) is 5.75 Å². The predicted octanol–water partition coefficient (Wildman–Crippen LogP) is 4.24. The number of hydrogen-bond donors (Lipinski definition) is 0. The lowest BCUT2D eigenvalue weighted by atomic mass is 9.95. The van der Waals surface area contributed by atoms with Crippen molar-refractivity contribution in [2.45, 2.75) is 20.3 Å². The van der Waals surface area contributed by atoms with Crippen LogP contribution in [0, 0.1) is 18.8 Å². The minimum atomic E-state index is 0.768. The molecule has 2 rings (SSSR count). The summed E-state index contributed by atoms with van der Waals surface area (Å²) < 4.78 is 5.46. The first-order valence-corrected chi connectivity index (χ1v) is 6.38. The first kappa shape index (κ1) is 13.2. The molecule has 0 N–H and O–H groups in total. The molecule has 1 nitrogen and oxygen atoms in total. The molecule has 0 bridgehead atoms. The van der Waals surface area contributed by atoms with Gasteiger partial charge < -0.3 is 4.74 Å². The quantitative estimate of drug-likeness (QED) is 0.740. The van der Waals surface area contributed by atoms with Crippen molar-refractivity contribution in [1.29, 1.82) is 0 Å². The number of ether oxygens (including phenoxy) is 1.